The molecule has 0 radical (unpaired) electrons. The van der Waals surface area contributed by atoms with E-state index < -0.39 is 6.43 Å². The van der Waals surface area contributed by atoms with Gasteiger partial charge in [0.2, 0.25) is 0 Å². The second kappa shape index (κ2) is 6.19. The zero-order valence-electron chi connectivity index (χ0n) is 13.5. The van der Waals surface area contributed by atoms with Crippen molar-refractivity contribution in [3.8, 4) is 5.82 Å². The Kier molecular flexibility index (Phi) is 3.86. The number of aryl methyl sites for hydroxylation is 1. The molecular weight excluding hydrogens is 330 g/mol. The van der Waals surface area contributed by atoms with Crippen LogP contribution in [0.3, 0.4) is 0 Å². The van der Waals surface area contributed by atoms with Gasteiger partial charge < -0.3 is 9.88 Å². The maximum Gasteiger partial charge on any atom is 0.280 e. The summed E-state index contributed by atoms with van der Waals surface area (Å²) >= 11 is 0. The number of aromatic nitrogens is 7. The molecule has 3 aromatic rings. The lowest BCUT2D eigenvalue weighted by Crippen LogP contribution is -2.10. The molecule has 0 saturated heterocycles. The first-order chi connectivity index (χ1) is 12.1. The highest BCUT2D eigenvalue weighted by molar-refractivity contribution is 5.41. The second-order valence-corrected chi connectivity index (χ2v) is 5.92. The van der Waals surface area contributed by atoms with E-state index in [0.717, 1.165) is 23.3 Å². The number of alkyl halides is 2. The SMILES string of the molecule is Cc1cc(C(F)F)n(-c2cc(NCc3nncn3C3CC3)ncn2)n1. The van der Waals surface area contributed by atoms with E-state index in [1.165, 1.54) is 12.4 Å². The normalized spacial score (nSPS) is 14.2. The van der Waals surface area contributed by atoms with Crippen molar-refractivity contribution in [2.75, 3.05) is 5.32 Å². The van der Waals surface area contributed by atoms with E-state index in [-0.39, 0.29) is 11.5 Å². The van der Waals surface area contributed by atoms with Crippen LogP contribution in [0, 0.1) is 6.92 Å². The smallest absolute Gasteiger partial charge is 0.280 e. The van der Waals surface area contributed by atoms with Crippen molar-refractivity contribution >= 4 is 5.82 Å². The maximum absolute atomic E-state index is 13.1. The monoisotopic (exact) mass is 346 g/mol. The molecule has 1 aliphatic rings. The van der Waals surface area contributed by atoms with Gasteiger partial charge in [-0.05, 0) is 25.8 Å². The fourth-order valence-corrected chi connectivity index (χ4v) is 2.64. The van der Waals surface area contributed by atoms with Gasteiger partial charge in [-0.3, -0.25) is 0 Å². The highest BCUT2D eigenvalue weighted by Gasteiger charge is 2.26. The molecule has 0 aromatic carbocycles. The lowest BCUT2D eigenvalue weighted by atomic mass is 10.4. The lowest BCUT2D eigenvalue weighted by Gasteiger charge is -2.09. The molecule has 1 N–H and O–H groups in total. The molecule has 0 bridgehead atoms. The maximum atomic E-state index is 13.1. The quantitative estimate of drug-likeness (QED) is 0.738. The largest absolute Gasteiger partial charge is 0.363 e. The van der Waals surface area contributed by atoms with E-state index in [2.05, 4.69) is 30.6 Å². The molecule has 10 heteroatoms. The molecule has 1 saturated carbocycles. The Morgan fingerprint density at radius 3 is 2.88 bits per heavy atom. The third kappa shape index (κ3) is 3.19. The summed E-state index contributed by atoms with van der Waals surface area (Å²) in [7, 11) is 0. The van der Waals surface area contributed by atoms with E-state index in [1.807, 2.05) is 4.57 Å². The van der Waals surface area contributed by atoms with Gasteiger partial charge >= 0.3 is 0 Å². The third-order valence-corrected chi connectivity index (χ3v) is 3.97. The van der Waals surface area contributed by atoms with Gasteiger partial charge in [-0.15, -0.1) is 10.2 Å². The summed E-state index contributed by atoms with van der Waals surface area (Å²) in [5.74, 6) is 1.60. The van der Waals surface area contributed by atoms with Crippen molar-refractivity contribution in [1.29, 1.82) is 0 Å². The van der Waals surface area contributed by atoms with E-state index in [9.17, 15) is 8.78 Å². The second-order valence-electron chi connectivity index (χ2n) is 5.92. The molecule has 0 spiro atoms. The summed E-state index contributed by atoms with van der Waals surface area (Å²) in [6, 6.07) is 3.40. The Morgan fingerprint density at radius 2 is 2.12 bits per heavy atom. The minimum absolute atomic E-state index is 0.198. The number of anilines is 1. The van der Waals surface area contributed by atoms with Gasteiger partial charge in [-0.2, -0.15) is 5.10 Å². The summed E-state index contributed by atoms with van der Waals surface area (Å²) < 4.78 is 29.5. The molecule has 4 rings (SSSR count). The molecule has 1 fully saturated rings. The Labute approximate surface area is 141 Å². The molecule has 8 nitrogen and oxygen atoms in total. The molecule has 3 heterocycles. The topological polar surface area (TPSA) is 86.3 Å². The number of rotatable bonds is 6. The number of hydrogen-bond donors (Lipinski definition) is 1. The molecule has 1 aliphatic carbocycles. The van der Waals surface area contributed by atoms with Crippen LogP contribution in [0.5, 0.6) is 0 Å². The molecule has 3 aromatic heterocycles. The molecular formula is C15H16F2N8. The number of nitrogens with one attached hydrogen (secondary N) is 1. The number of halogens is 2. The van der Waals surface area contributed by atoms with Crippen LogP contribution in [-0.2, 0) is 6.54 Å². The highest BCUT2D eigenvalue weighted by atomic mass is 19.3. The predicted molar refractivity (Wildman–Crippen MR) is 84.5 cm³/mol. The predicted octanol–water partition coefficient (Wildman–Crippen LogP) is 2.45. The van der Waals surface area contributed by atoms with Gasteiger partial charge in [0.25, 0.3) is 6.43 Å². The van der Waals surface area contributed by atoms with E-state index in [4.69, 9.17) is 0 Å². The summed E-state index contributed by atoms with van der Waals surface area (Å²) in [4.78, 5) is 8.18. The van der Waals surface area contributed by atoms with Crippen LogP contribution in [0.1, 0.15) is 42.5 Å². The Bertz CT molecular complexity index is 883. The molecule has 130 valence electrons. The van der Waals surface area contributed by atoms with Crippen molar-refractivity contribution in [1.82, 2.24) is 34.5 Å². The molecule has 0 unspecified atom stereocenters. The average Bonchev–Trinajstić information content (AvgIpc) is 3.20. The summed E-state index contributed by atoms with van der Waals surface area (Å²) in [5, 5.41) is 15.3. The zero-order valence-corrected chi connectivity index (χ0v) is 13.5. The third-order valence-electron chi connectivity index (χ3n) is 3.97. The van der Waals surface area contributed by atoms with E-state index >= 15 is 0 Å². The van der Waals surface area contributed by atoms with Gasteiger partial charge in [-0.1, -0.05) is 0 Å². The zero-order chi connectivity index (χ0) is 17.4. The van der Waals surface area contributed by atoms with Crippen LogP contribution < -0.4 is 5.32 Å². The van der Waals surface area contributed by atoms with Gasteiger partial charge in [0.15, 0.2) is 11.6 Å². The van der Waals surface area contributed by atoms with Crippen molar-refractivity contribution in [2.24, 2.45) is 0 Å². The fraction of sp³-hybridized carbons (Fsp3) is 0.400. The highest BCUT2D eigenvalue weighted by Crippen LogP contribution is 2.35. The Balaban J connectivity index is 1.54. The average molecular weight is 346 g/mol. The van der Waals surface area contributed by atoms with E-state index in [0.29, 0.717) is 24.1 Å². The van der Waals surface area contributed by atoms with Crippen LogP contribution in [0.15, 0.2) is 24.8 Å². The summed E-state index contributed by atoms with van der Waals surface area (Å²) in [6.45, 7) is 2.10. The Hall–Kier alpha value is -2.91. The van der Waals surface area contributed by atoms with Gasteiger partial charge in [-0.25, -0.2) is 23.4 Å². The number of hydrogen-bond acceptors (Lipinski definition) is 6. The van der Waals surface area contributed by atoms with Crippen LogP contribution in [0.4, 0.5) is 14.6 Å². The van der Waals surface area contributed by atoms with Gasteiger partial charge in [0.1, 0.15) is 24.2 Å². The fourth-order valence-electron chi connectivity index (χ4n) is 2.64. The molecule has 0 amide bonds. The first-order valence-corrected chi connectivity index (χ1v) is 7.91. The van der Waals surface area contributed by atoms with Gasteiger partial charge in [0.05, 0.1) is 12.2 Å². The Morgan fingerprint density at radius 1 is 1.28 bits per heavy atom. The van der Waals surface area contributed by atoms with Crippen LogP contribution in [-0.4, -0.2) is 34.5 Å². The van der Waals surface area contributed by atoms with Crippen LogP contribution >= 0.6 is 0 Å². The molecule has 0 aliphatic heterocycles. The van der Waals surface area contributed by atoms with Crippen molar-refractivity contribution in [3.63, 3.8) is 0 Å². The van der Waals surface area contributed by atoms with Crippen molar-refractivity contribution in [3.05, 3.63) is 42.0 Å². The van der Waals surface area contributed by atoms with Gasteiger partial charge in [0, 0.05) is 12.1 Å². The standard InChI is InChI=1S/C15H16F2N8/c1-9-4-11(15(16)17)25(23-9)13-5-12(19-7-20-13)18-6-14-22-21-8-24(14)10-2-3-10/h4-5,7-8,10,15H,2-3,6H2,1H3,(H,18,19,20). The first-order valence-electron chi connectivity index (χ1n) is 7.91. The molecule has 0 atom stereocenters. The van der Waals surface area contributed by atoms with Crippen molar-refractivity contribution < 1.29 is 8.78 Å². The minimum atomic E-state index is -2.63. The van der Waals surface area contributed by atoms with Crippen molar-refractivity contribution in [2.45, 2.75) is 38.8 Å². The van der Waals surface area contributed by atoms with E-state index in [1.54, 1.807) is 19.3 Å². The number of nitrogens with zero attached hydrogens (tertiary/aromatic N) is 7. The van der Waals surface area contributed by atoms with Crippen LogP contribution in [0.25, 0.3) is 5.82 Å². The summed E-state index contributed by atoms with van der Waals surface area (Å²) in [6.07, 6.45) is 2.68. The minimum Gasteiger partial charge on any atom is -0.363 e. The lowest BCUT2D eigenvalue weighted by molar-refractivity contribution is 0.142. The first kappa shape index (κ1) is 15.6. The van der Waals surface area contributed by atoms with Crippen LogP contribution in [0.2, 0.25) is 0 Å². The summed E-state index contributed by atoms with van der Waals surface area (Å²) in [5.41, 5.74) is 0.302. The molecule has 25 heavy (non-hydrogen) atoms.